The maximum Gasteiger partial charge on any atom is 0.407 e. The van der Waals surface area contributed by atoms with Crippen LogP contribution in [0.2, 0.25) is 0 Å². The Morgan fingerprint density at radius 2 is 1.68 bits per heavy atom. The third-order valence-electron chi connectivity index (χ3n) is 5.78. The van der Waals surface area contributed by atoms with Gasteiger partial charge in [0.15, 0.2) is 0 Å². The van der Waals surface area contributed by atoms with Gasteiger partial charge in [-0.3, -0.25) is 9.59 Å². The molecule has 9 nitrogen and oxygen atoms in total. The molecule has 2 aromatic carbocycles. The van der Waals surface area contributed by atoms with Crippen molar-refractivity contribution in [1.29, 1.82) is 0 Å². The van der Waals surface area contributed by atoms with E-state index in [1.165, 1.54) is 7.11 Å². The second-order valence-electron chi connectivity index (χ2n) is 8.03. The predicted molar refractivity (Wildman–Crippen MR) is 124 cm³/mol. The number of hydrogen-bond acceptors (Lipinski definition) is 6. The average Bonchev–Trinajstić information content (AvgIpc) is 3.15. The Hall–Kier alpha value is -3.43. The molecule has 0 saturated carbocycles. The number of carboxylic acids is 1. The molecule has 0 saturated heterocycles. The molecule has 0 radical (unpaired) electrons. The van der Waals surface area contributed by atoms with Gasteiger partial charge in [0.05, 0.1) is 6.61 Å². The smallest absolute Gasteiger partial charge is 0.407 e. The first-order valence-corrected chi connectivity index (χ1v) is 11.2. The van der Waals surface area contributed by atoms with Crippen LogP contribution in [-0.4, -0.2) is 79.1 Å². The van der Waals surface area contributed by atoms with Gasteiger partial charge in [-0.1, -0.05) is 48.5 Å². The van der Waals surface area contributed by atoms with Gasteiger partial charge in [0.1, 0.15) is 19.2 Å². The molecule has 0 spiro atoms. The first kappa shape index (κ1) is 25.2. The number of carbonyl (C=O) groups excluding carboxylic acids is 2. The van der Waals surface area contributed by atoms with E-state index in [1.807, 2.05) is 48.5 Å². The lowest BCUT2D eigenvalue weighted by molar-refractivity contribution is -0.145. The largest absolute Gasteiger partial charge is 0.480 e. The van der Waals surface area contributed by atoms with Crippen molar-refractivity contribution in [3.63, 3.8) is 0 Å². The van der Waals surface area contributed by atoms with Crippen molar-refractivity contribution in [2.24, 2.45) is 0 Å². The van der Waals surface area contributed by atoms with E-state index in [9.17, 15) is 19.5 Å². The highest BCUT2D eigenvalue weighted by atomic mass is 16.5. The topological polar surface area (TPSA) is 125 Å². The second kappa shape index (κ2) is 12.2. The van der Waals surface area contributed by atoms with Gasteiger partial charge in [0, 0.05) is 26.2 Å². The number of nitrogens with zero attached hydrogens (tertiary/aromatic N) is 1. The molecule has 3 N–H and O–H groups in total. The molecule has 1 atom stereocenters. The van der Waals surface area contributed by atoms with Crippen LogP contribution >= 0.6 is 0 Å². The number of nitrogens with one attached hydrogen (secondary N) is 1. The van der Waals surface area contributed by atoms with Gasteiger partial charge in [-0.15, -0.1) is 0 Å². The number of rotatable bonds is 12. The molecule has 2 aromatic rings. The fourth-order valence-corrected chi connectivity index (χ4v) is 4.24. The van der Waals surface area contributed by atoms with Gasteiger partial charge in [0.2, 0.25) is 5.91 Å². The number of methoxy groups -OCH3 is 1. The molecule has 34 heavy (non-hydrogen) atoms. The number of hydrogen-bond donors (Lipinski definition) is 3. The van der Waals surface area contributed by atoms with Crippen molar-refractivity contribution in [2.75, 3.05) is 40.0 Å². The summed E-state index contributed by atoms with van der Waals surface area (Å²) in [5, 5.41) is 20.9. The van der Waals surface area contributed by atoms with Crippen LogP contribution in [0.5, 0.6) is 0 Å². The average molecular weight is 471 g/mol. The third kappa shape index (κ3) is 6.12. The molecule has 0 aromatic heterocycles. The third-order valence-corrected chi connectivity index (χ3v) is 5.78. The number of fused-ring (bicyclic) bond motifs is 3. The summed E-state index contributed by atoms with van der Waals surface area (Å²) in [6.45, 7) is -0.664. The summed E-state index contributed by atoms with van der Waals surface area (Å²) in [6.07, 6.45) is -0.0634. The summed E-state index contributed by atoms with van der Waals surface area (Å²) >= 11 is 0. The molecule has 3 rings (SSSR count). The van der Waals surface area contributed by atoms with Crippen LogP contribution in [-0.2, 0) is 19.1 Å². The van der Waals surface area contributed by atoms with Gasteiger partial charge in [-0.05, 0) is 35.1 Å². The standard InChI is InChI=1S/C25H30N2O7/c1-33-14-6-11-22(24(31)27(12-13-28)15-23(29)30)26-25(32)34-16-21-19-9-4-2-7-17(19)18-8-3-5-10-20(18)21/h2-5,7-10,21-22,28H,6,11-16H2,1H3,(H,26,32)(H,29,30). The fourth-order valence-electron chi connectivity index (χ4n) is 4.24. The molecular weight excluding hydrogens is 440 g/mol. The number of amides is 2. The Labute approximate surface area is 198 Å². The Balaban J connectivity index is 1.68. The van der Waals surface area contributed by atoms with Gasteiger partial charge in [-0.2, -0.15) is 0 Å². The monoisotopic (exact) mass is 470 g/mol. The minimum atomic E-state index is -1.21. The van der Waals surface area contributed by atoms with E-state index in [-0.39, 0.29) is 25.5 Å². The van der Waals surface area contributed by atoms with Gasteiger partial charge < -0.3 is 29.9 Å². The molecule has 1 aliphatic carbocycles. The van der Waals surface area contributed by atoms with Crippen molar-refractivity contribution in [3.8, 4) is 11.1 Å². The molecular formula is C25H30N2O7. The minimum absolute atomic E-state index is 0.0916. The number of ether oxygens (including phenoxy) is 2. The number of aliphatic hydroxyl groups excluding tert-OH is 1. The zero-order valence-corrected chi connectivity index (χ0v) is 19.1. The van der Waals surface area contributed by atoms with E-state index in [0.717, 1.165) is 27.2 Å². The number of aliphatic hydroxyl groups is 1. The van der Waals surface area contributed by atoms with Crippen LogP contribution in [0, 0.1) is 0 Å². The predicted octanol–water partition coefficient (Wildman–Crippen LogP) is 2.23. The highest BCUT2D eigenvalue weighted by Crippen LogP contribution is 2.44. The van der Waals surface area contributed by atoms with Gasteiger partial charge in [-0.25, -0.2) is 4.79 Å². The highest BCUT2D eigenvalue weighted by Gasteiger charge is 2.31. The quantitative estimate of drug-likeness (QED) is 0.406. The first-order valence-electron chi connectivity index (χ1n) is 11.2. The number of aliphatic carboxylic acids is 1. The molecule has 1 aliphatic rings. The van der Waals surface area contributed by atoms with Crippen molar-refractivity contribution in [1.82, 2.24) is 10.2 Å². The molecule has 1 unspecified atom stereocenters. The highest BCUT2D eigenvalue weighted by molar-refractivity contribution is 5.88. The number of carboxylic acid groups (broad SMARTS) is 1. The second-order valence-corrected chi connectivity index (χ2v) is 8.03. The van der Waals surface area contributed by atoms with E-state index >= 15 is 0 Å². The zero-order valence-electron chi connectivity index (χ0n) is 19.1. The van der Waals surface area contributed by atoms with Crippen LogP contribution in [0.3, 0.4) is 0 Å². The van der Waals surface area contributed by atoms with Crippen LogP contribution in [0.1, 0.15) is 29.9 Å². The minimum Gasteiger partial charge on any atom is -0.480 e. The Morgan fingerprint density at radius 3 is 2.24 bits per heavy atom. The Morgan fingerprint density at radius 1 is 1.06 bits per heavy atom. The van der Waals surface area contributed by atoms with Crippen molar-refractivity contribution in [3.05, 3.63) is 59.7 Å². The fraction of sp³-hybridized carbons (Fsp3) is 0.400. The molecule has 9 heteroatoms. The van der Waals surface area contributed by atoms with E-state index in [2.05, 4.69) is 5.32 Å². The summed E-state index contributed by atoms with van der Waals surface area (Å²) in [4.78, 5) is 37.7. The maximum absolute atomic E-state index is 12.9. The van der Waals surface area contributed by atoms with Gasteiger partial charge >= 0.3 is 12.1 Å². The molecule has 0 bridgehead atoms. The van der Waals surface area contributed by atoms with Crippen molar-refractivity contribution < 1.29 is 34.1 Å². The summed E-state index contributed by atoms with van der Waals surface area (Å²) in [6, 6.07) is 14.9. The molecule has 0 fully saturated rings. The first-order chi connectivity index (χ1) is 16.5. The molecule has 0 heterocycles. The van der Waals surface area contributed by atoms with Crippen LogP contribution < -0.4 is 5.32 Å². The number of carbonyl (C=O) groups is 3. The Bertz CT molecular complexity index is 965. The lowest BCUT2D eigenvalue weighted by Gasteiger charge is -2.26. The lowest BCUT2D eigenvalue weighted by atomic mass is 9.98. The van der Waals surface area contributed by atoms with Crippen LogP contribution in [0.25, 0.3) is 11.1 Å². The molecule has 182 valence electrons. The van der Waals surface area contributed by atoms with E-state index < -0.39 is 37.2 Å². The normalized spacial score (nSPS) is 13.0. The van der Waals surface area contributed by atoms with Crippen molar-refractivity contribution in [2.45, 2.75) is 24.8 Å². The van der Waals surface area contributed by atoms with E-state index in [0.29, 0.717) is 13.0 Å². The number of benzene rings is 2. The number of alkyl carbamates (subject to hydrolysis) is 1. The van der Waals surface area contributed by atoms with E-state index in [1.54, 1.807) is 0 Å². The molecule has 0 aliphatic heterocycles. The summed E-state index contributed by atoms with van der Waals surface area (Å²) in [7, 11) is 1.53. The summed E-state index contributed by atoms with van der Waals surface area (Å²) < 4.78 is 10.6. The van der Waals surface area contributed by atoms with E-state index in [4.69, 9.17) is 14.6 Å². The molecule has 2 amide bonds. The summed E-state index contributed by atoms with van der Waals surface area (Å²) in [5.74, 6) is -1.93. The zero-order chi connectivity index (χ0) is 24.5. The maximum atomic E-state index is 12.9. The summed E-state index contributed by atoms with van der Waals surface area (Å²) in [5.41, 5.74) is 4.35. The lowest BCUT2D eigenvalue weighted by Crippen LogP contribution is -2.51. The van der Waals surface area contributed by atoms with Crippen LogP contribution in [0.4, 0.5) is 4.79 Å². The van der Waals surface area contributed by atoms with Crippen molar-refractivity contribution >= 4 is 18.0 Å². The van der Waals surface area contributed by atoms with Gasteiger partial charge in [0.25, 0.3) is 0 Å². The van der Waals surface area contributed by atoms with Crippen LogP contribution in [0.15, 0.2) is 48.5 Å². The Kier molecular flexibility index (Phi) is 9.00. The SMILES string of the molecule is COCCCC(NC(=O)OCC1c2ccccc2-c2ccccc21)C(=O)N(CCO)CC(=O)O.